The molecule has 1 aliphatic heterocycles. The first-order valence-electron chi connectivity index (χ1n) is 10.9. The molecule has 1 fully saturated rings. The van der Waals surface area contributed by atoms with Crippen LogP contribution in [0.1, 0.15) is 59.4 Å². The number of carbonyl (C=O) groups is 2. The van der Waals surface area contributed by atoms with Gasteiger partial charge in [-0.2, -0.15) is 0 Å². The van der Waals surface area contributed by atoms with E-state index in [0.29, 0.717) is 17.7 Å². The Morgan fingerprint density at radius 1 is 1.16 bits per heavy atom. The van der Waals surface area contributed by atoms with Gasteiger partial charge in [0.15, 0.2) is 0 Å². The van der Waals surface area contributed by atoms with Crippen molar-refractivity contribution in [3.63, 3.8) is 0 Å². The molecular formula is C24H26N4O3. The van der Waals surface area contributed by atoms with E-state index in [1.165, 1.54) is 0 Å². The molecule has 160 valence electrons. The number of carbonyl (C=O) groups excluding carboxylic acids is 2. The van der Waals surface area contributed by atoms with Gasteiger partial charge in [-0.05, 0) is 62.3 Å². The molecular weight excluding hydrogens is 392 g/mol. The highest BCUT2D eigenvalue weighted by Gasteiger charge is 2.27. The van der Waals surface area contributed by atoms with Gasteiger partial charge in [0, 0.05) is 47.2 Å². The van der Waals surface area contributed by atoms with Crippen LogP contribution in [0.5, 0.6) is 0 Å². The quantitative estimate of drug-likeness (QED) is 0.601. The maximum absolute atomic E-state index is 12.7. The zero-order valence-corrected chi connectivity index (χ0v) is 17.3. The Labute approximate surface area is 180 Å². The lowest BCUT2D eigenvalue weighted by atomic mass is 9.92. The molecule has 1 saturated carbocycles. The fourth-order valence-corrected chi connectivity index (χ4v) is 5.02. The summed E-state index contributed by atoms with van der Waals surface area (Å²) in [6, 6.07) is 7.69. The van der Waals surface area contributed by atoms with Gasteiger partial charge in [0.2, 0.25) is 5.91 Å². The van der Waals surface area contributed by atoms with Crippen molar-refractivity contribution in [3.05, 3.63) is 47.9 Å². The molecule has 4 N–H and O–H groups in total. The molecule has 0 spiro atoms. The first-order valence-corrected chi connectivity index (χ1v) is 10.9. The Kier molecular flexibility index (Phi) is 4.98. The third-order valence-corrected chi connectivity index (χ3v) is 6.55. The van der Waals surface area contributed by atoms with E-state index in [9.17, 15) is 14.7 Å². The molecule has 0 radical (unpaired) electrons. The van der Waals surface area contributed by atoms with Crippen LogP contribution in [0.4, 0.5) is 5.69 Å². The van der Waals surface area contributed by atoms with Crippen molar-refractivity contribution in [2.75, 3.05) is 5.32 Å². The number of aliphatic hydroxyl groups excluding tert-OH is 1. The van der Waals surface area contributed by atoms with Crippen molar-refractivity contribution >= 4 is 28.4 Å². The largest absolute Gasteiger partial charge is 0.393 e. The lowest BCUT2D eigenvalue weighted by Gasteiger charge is -2.28. The summed E-state index contributed by atoms with van der Waals surface area (Å²) in [6.07, 6.45) is 8.62. The fraction of sp³-hybridized carbons (Fsp3) is 0.375. The molecule has 0 atom stereocenters. The van der Waals surface area contributed by atoms with Crippen LogP contribution < -0.4 is 11.1 Å². The average molecular weight is 418 g/mol. The Balaban J connectivity index is 1.62. The summed E-state index contributed by atoms with van der Waals surface area (Å²) in [5, 5.41) is 14.2. The summed E-state index contributed by atoms with van der Waals surface area (Å²) < 4.78 is 1.83. The van der Waals surface area contributed by atoms with Crippen LogP contribution in [0.3, 0.4) is 0 Å². The molecule has 3 heterocycles. The number of nitrogens with two attached hydrogens (primary N) is 1. The molecule has 3 aromatic rings. The van der Waals surface area contributed by atoms with Crippen LogP contribution in [0, 0.1) is 0 Å². The van der Waals surface area contributed by atoms with E-state index in [0.717, 1.165) is 66.2 Å². The Bertz CT molecular complexity index is 1180. The van der Waals surface area contributed by atoms with Crippen molar-refractivity contribution < 1.29 is 14.7 Å². The maximum atomic E-state index is 12.7. The number of pyridine rings is 1. The summed E-state index contributed by atoms with van der Waals surface area (Å²) in [4.78, 5) is 29.1. The minimum Gasteiger partial charge on any atom is -0.393 e. The van der Waals surface area contributed by atoms with Crippen LogP contribution in [0.25, 0.3) is 22.0 Å². The molecule has 2 aromatic heterocycles. The highest BCUT2D eigenvalue weighted by atomic mass is 16.3. The molecule has 1 aliphatic carbocycles. The van der Waals surface area contributed by atoms with E-state index in [1.54, 1.807) is 18.5 Å². The van der Waals surface area contributed by atoms with Gasteiger partial charge in [-0.15, -0.1) is 0 Å². The van der Waals surface area contributed by atoms with Gasteiger partial charge in [0.05, 0.1) is 17.2 Å². The monoisotopic (exact) mass is 418 g/mol. The number of aliphatic hydroxyl groups is 1. The second-order valence-electron chi connectivity index (χ2n) is 8.57. The van der Waals surface area contributed by atoms with Crippen LogP contribution in [0.2, 0.25) is 0 Å². The SMILES string of the molecule is NC(=O)c1ccc(-c2c3n(c4ccncc24)C(=O)CCC3)cc1N[C@H]1CC[C@H](O)CC1. The maximum Gasteiger partial charge on any atom is 0.250 e. The number of primary amides is 1. The van der Waals surface area contributed by atoms with Gasteiger partial charge in [0.1, 0.15) is 0 Å². The van der Waals surface area contributed by atoms with Gasteiger partial charge in [-0.3, -0.25) is 19.1 Å². The molecule has 5 rings (SSSR count). The van der Waals surface area contributed by atoms with E-state index < -0.39 is 5.91 Å². The lowest BCUT2D eigenvalue weighted by Crippen LogP contribution is -2.29. The highest BCUT2D eigenvalue weighted by Crippen LogP contribution is 2.39. The van der Waals surface area contributed by atoms with E-state index in [2.05, 4.69) is 10.3 Å². The number of aromatic nitrogens is 2. The molecule has 1 amide bonds. The van der Waals surface area contributed by atoms with Crippen molar-refractivity contribution in [2.24, 2.45) is 5.73 Å². The van der Waals surface area contributed by atoms with Crippen LogP contribution in [0.15, 0.2) is 36.7 Å². The van der Waals surface area contributed by atoms with Crippen LogP contribution in [-0.4, -0.2) is 38.6 Å². The minimum absolute atomic E-state index is 0.108. The first-order chi connectivity index (χ1) is 15.0. The second-order valence-corrected chi connectivity index (χ2v) is 8.57. The molecule has 0 saturated heterocycles. The third kappa shape index (κ3) is 3.49. The summed E-state index contributed by atoms with van der Waals surface area (Å²) >= 11 is 0. The van der Waals surface area contributed by atoms with E-state index in [1.807, 2.05) is 22.8 Å². The molecule has 1 aromatic carbocycles. The number of anilines is 1. The number of amides is 1. The summed E-state index contributed by atoms with van der Waals surface area (Å²) in [5.74, 6) is -0.373. The van der Waals surface area contributed by atoms with Crippen LogP contribution >= 0.6 is 0 Å². The molecule has 0 bridgehead atoms. The zero-order chi connectivity index (χ0) is 21.5. The van der Waals surface area contributed by atoms with Gasteiger partial charge >= 0.3 is 0 Å². The van der Waals surface area contributed by atoms with Crippen molar-refractivity contribution in [3.8, 4) is 11.1 Å². The van der Waals surface area contributed by atoms with E-state index in [4.69, 9.17) is 5.73 Å². The van der Waals surface area contributed by atoms with Gasteiger partial charge in [-0.1, -0.05) is 6.07 Å². The van der Waals surface area contributed by atoms with E-state index >= 15 is 0 Å². The number of hydrogen-bond acceptors (Lipinski definition) is 5. The van der Waals surface area contributed by atoms with E-state index in [-0.39, 0.29) is 18.1 Å². The number of benzene rings is 1. The average Bonchev–Trinajstić information content (AvgIpc) is 3.11. The van der Waals surface area contributed by atoms with Crippen molar-refractivity contribution in [1.29, 1.82) is 0 Å². The number of nitrogens with zero attached hydrogens (tertiary/aromatic N) is 2. The Morgan fingerprint density at radius 3 is 2.74 bits per heavy atom. The Hall–Kier alpha value is -3.19. The van der Waals surface area contributed by atoms with Gasteiger partial charge < -0.3 is 16.2 Å². The number of rotatable bonds is 4. The standard InChI is InChI=1S/C24H26N4O3/c25-24(31)17-9-4-14(12-19(17)27-15-5-7-16(29)8-6-15)23-18-13-26-11-10-20(18)28-21(23)2-1-3-22(28)30/h4,9-13,15-16,27,29H,1-3,5-8H2,(H2,25,31)/t15-,16-. The molecule has 0 unspecified atom stereocenters. The summed E-state index contributed by atoms with van der Waals surface area (Å²) in [5.41, 5.74) is 10.6. The molecule has 7 heteroatoms. The molecule has 7 nitrogen and oxygen atoms in total. The van der Waals surface area contributed by atoms with Crippen molar-refractivity contribution in [2.45, 2.75) is 57.1 Å². The number of hydrogen-bond donors (Lipinski definition) is 3. The normalized spacial score (nSPS) is 21.1. The number of nitrogens with one attached hydrogen (secondary N) is 1. The molecule has 31 heavy (non-hydrogen) atoms. The van der Waals surface area contributed by atoms with Gasteiger partial charge in [0.25, 0.3) is 5.91 Å². The van der Waals surface area contributed by atoms with Crippen LogP contribution in [-0.2, 0) is 6.42 Å². The summed E-state index contributed by atoms with van der Waals surface area (Å²) in [6.45, 7) is 0. The predicted octanol–water partition coefficient (Wildman–Crippen LogP) is 3.49. The second kappa shape index (κ2) is 7.81. The Morgan fingerprint density at radius 2 is 1.97 bits per heavy atom. The fourth-order valence-electron chi connectivity index (χ4n) is 5.02. The summed E-state index contributed by atoms with van der Waals surface area (Å²) in [7, 11) is 0. The smallest absolute Gasteiger partial charge is 0.250 e. The van der Waals surface area contributed by atoms with Gasteiger partial charge in [-0.25, -0.2) is 0 Å². The number of fused-ring (bicyclic) bond motifs is 3. The molecule has 2 aliphatic rings. The highest BCUT2D eigenvalue weighted by molar-refractivity contribution is 6.05. The van der Waals surface area contributed by atoms with Crippen molar-refractivity contribution in [1.82, 2.24) is 9.55 Å². The zero-order valence-electron chi connectivity index (χ0n) is 17.3. The predicted molar refractivity (Wildman–Crippen MR) is 119 cm³/mol. The topological polar surface area (TPSA) is 110 Å². The first kappa shape index (κ1) is 19.8. The lowest BCUT2D eigenvalue weighted by molar-refractivity contribution is 0.0889. The minimum atomic E-state index is -0.481. The third-order valence-electron chi connectivity index (χ3n) is 6.55.